The van der Waals surface area contributed by atoms with Crippen molar-refractivity contribution in [3.8, 4) is 5.75 Å². The van der Waals surface area contributed by atoms with Crippen LogP contribution in [0, 0.1) is 11.8 Å². The highest BCUT2D eigenvalue weighted by Gasteiger charge is 2.34. The third-order valence-corrected chi connectivity index (χ3v) is 6.52. The fourth-order valence-electron chi connectivity index (χ4n) is 5.02. The van der Waals surface area contributed by atoms with E-state index in [2.05, 4.69) is 45.0 Å². The van der Waals surface area contributed by atoms with Gasteiger partial charge in [-0.1, -0.05) is 24.3 Å². The number of hydrogen-bond donors (Lipinski definition) is 1. The quantitative estimate of drug-likeness (QED) is 0.730. The van der Waals surface area contributed by atoms with Crippen LogP contribution in [0.2, 0.25) is 0 Å². The Kier molecular flexibility index (Phi) is 6.55. The van der Waals surface area contributed by atoms with Crippen LogP contribution in [0.4, 0.5) is 5.69 Å². The van der Waals surface area contributed by atoms with E-state index in [1.54, 1.807) is 0 Å². The number of para-hydroxylation sites is 2. The first-order valence-corrected chi connectivity index (χ1v) is 11.0. The molecule has 4 rings (SSSR count). The van der Waals surface area contributed by atoms with E-state index >= 15 is 0 Å². The zero-order valence-corrected chi connectivity index (χ0v) is 17.2. The minimum absolute atomic E-state index is 0.217. The van der Waals surface area contributed by atoms with Gasteiger partial charge < -0.3 is 19.6 Å². The van der Waals surface area contributed by atoms with Crippen LogP contribution < -0.4 is 9.64 Å². The molecule has 2 heterocycles. The van der Waals surface area contributed by atoms with Gasteiger partial charge in [-0.05, 0) is 56.8 Å². The van der Waals surface area contributed by atoms with Crippen LogP contribution in [0.5, 0.6) is 5.75 Å². The Bertz CT molecular complexity index is 657. The summed E-state index contributed by atoms with van der Waals surface area (Å²) >= 11 is 0. The molecule has 3 aliphatic rings. The van der Waals surface area contributed by atoms with Crippen LogP contribution in [-0.4, -0.2) is 80.0 Å². The average Bonchev–Trinajstić information content (AvgIpc) is 3.11. The fourth-order valence-corrected chi connectivity index (χ4v) is 5.02. The van der Waals surface area contributed by atoms with E-state index in [-0.39, 0.29) is 6.10 Å². The van der Waals surface area contributed by atoms with E-state index in [4.69, 9.17) is 4.74 Å². The molecule has 2 fully saturated rings. The van der Waals surface area contributed by atoms with E-state index in [1.165, 1.54) is 31.7 Å². The minimum atomic E-state index is -0.217. The maximum atomic E-state index is 9.82. The average molecular weight is 386 g/mol. The van der Waals surface area contributed by atoms with Crippen LogP contribution in [0.25, 0.3) is 0 Å². The molecular weight excluding hydrogens is 350 g/mol. The molecule has 154 valence electrons. The number of nitrogens with zero attached hydrogens (tertiary/aromatic N) is 3. The molecule has 1 aromatic rings. The first kappa shape index (κ1) is 19.7. The molecule has 0 radical (unpaired) electrons. The second-order valence-electron chi connectivity index (χ2n) is 8.45. The molecule has 0 spiro atoms. The first-order valence-electron chi connectivity index (χ1n) is 11.0. The second-order valence-corrected chi connectivity index (χ2v) is 8.45. The molecule has 1 aromatic carbocycles. The summed E-state index contributed by atoms with van der Waals surface area (Å²) in [6.45, 7) is 11.9. The number of piperazine rings is 1. The fraction of sp³-hybridized carbons (Fsp3) is 0.652. The topological polar surface area (TPSA) is 39.2 Å². The summed E-state index contributed by atoms with van der Waals surface area (Å²) in [7, 11) is 0. The number of hydrogen-bond acceptors (Lipinski definition) is 5. The van der Waals surface area contributed by atoms with Crippen LogP contribution >= 0.6 is 0 Å². The predicted molar refractivity (Wildman–Crippen MR) is 114 cm³/mol. The van der Waals surface area contributed by atoms with Gasteiger partial charge in [-0.2, -0.15) is 0 Å². The maximum absolute atomic E-state index is 9.82. The lowest BCUT2D eigenvalue weighted by Crippen LogP contribution is -2.47. The summed E-state index contributed by atoms with van der Waals surface area (Å²) in [6.07, 6.45) is 6.21. The highest BCUT2D eigenvalue weighted by atomic mass is 16.5. The highest BCUT2D eigenvalue weighted by molar-refractivity contribution is 5.58. The number of aliphatic hydroxyl groups excluding tert-OH is 1. The van der Waals surface area contributed by atoms with Gasteiger partial charge in [0.25, 0.3) is 0 Å². The summed E-state index contributed by atoms with van der Waals surface area (Å²) in [6, 6.07) is 8.41. The maximum Gasteiger partial charge on any atom is 0.142 e. The summed E-state index contributed by atoms with van der Waals surface area (Å²) in [5, 5.41) is 9.82. The lowest BCUT2D eigenvalue weighted by Gasteiger charge is -2.37. The molecule has 1 N–H and O–H groups in total. The van der Waals surface area contributed by atoms with Crippen LogP contribution in [-0.2, 0) is 0 Å². The van der Waals surface area contributed by atoms with Crippen LogP contribution in [0.3, 0.4) is 0 Å². The van der Waals surface area contributed by atoms with Crippen molar-refractivity contribution >= 4 is 5.69 Å². The van der Waals surface area contributed by atoms with Gasteiger partial charge in [-0.25, -0.2) is 0 Å². The summed E-state index contributed by atoms with van der Waals surface area (Å²) in [4.78, 5) is 7.67. The molecule has 5 heteroatoms. The minimum Gasteiger partial charge on any atom is -0.492 e. The Labute approximate surface area is 169 Å². The number of anilines is 1. The van der Waals surface area contributed by atoms with E-state index in [0.717, 1.165) is 44.9 Å². The van der Waals surface area contributed by atoms with E-state index < -0.39 is 0 Å². The lowest BCUT2D eigenvalue weighted by molar-refractivity contribution is 0.170. The number of benzene rings is 1. The Morgan fingerprint density at radius 3 is 2.61 bits per heavy atom. The molecule has 0 bridgehead atoms. The summed E-state index contributed by atoms with van der Waals surface area (Å²) in [5.74, 6) is 2.33. The number of fused-ring (bicyclic) bond motifs is 1. The lowest BCUT2D eigenvalue weighted by atomic mass is 9.86. The van der Waals surface area contributed by atoms with Gasteiger partial charge in [0.15, 0.2) is 0 Å². The molecular formula is C23H35N3O2. The van der Waals surface area contributed by atoms with Crippen molar-refractivity contribution in [3.05, 3.63) is 36.4 Å². The monoisotopic (exact) mass is 385 g/mol. The Balaban J connectivity index is 1.18. The van der Waals surface area contributed by atoms with E-state index in [9.17, 15) is 5.11 Å². The van der Waals surface area contributed by atoms with Crippen molar-refractivity contribution < 1.29 is 9.84 Å². The van der Waals surface area contributed by atoms with Gasteiger partial charge in [0.1, 0.15) is 5.75 Å². The van der Waals surface area contributed by atoms with E-state index in [0.29, 0.717) is 18.4 Å². The van der Waals surface area contributed by atoms with Gasteiger partial charge in [0.05, 0.1) is 18.4 Å². The smallest absolute Gasteiger partial charge is 0.142 e. The van der Waals surface area contributed by atoms with Crippen molar-refractivity contribution in [1.29, 1.82) is 0 Å². The van der Waals surface area contributed by atoms with Crippen molar-refractivity contribution in [3.63, 3.8) is 0 Å². The normalized spacial score (nSPS) is 28.5. The molecule has 3 unspecified atom stereocenters. The summed E-state index contributed by atoms with van der Waals surface area (Å²) < 4.78 is 5.80. The third kappa shape index (κ3) is 4.70. The first-order chi connectivity index (χ1) is 13.7. The largest absolute Gasteiger partial charge is 0.492 e. The van der Waals surface area contributed by atoms with Crippen molar-refractivity contribution in [2.45, 2.75) is 25.9 Å². The number of rotatable bonds is 7. The SMILES string of the molecule is CCOc1ccccc1N1CCN(CCCN2CC3C=CC(O)CC3C2)CC1. The molecule has 0 amide bonds. The Morgan fingerprint density at radius 1 is 1.00 bits per heavy atom. The second kappa shape index (κ2) is 9.29. The standard InChI is InChI=1S/C23H35N3O2/c1-2-28-23-7-4-3-6-22(23)26-14-12-24(13-15-26)10-5-11-25-17-19-8-9-21(27)16-20(19)18-25/h3-4,6-9,19-21,27H,2,5,10-18H2,1H3. The third-order valence-electron chi connectivity index (χ3n) is 6.52. The molecule has 1 aliphatic carbocycles. The number of ether oxygens (including phenoxy) is 1. The zero-order valence-electron chi connectivity index (χ0n) is 17.2. The van der Waals surface area contributed by atoms with E-state index in [1.807, 2.05) is 13.0 Å². The van der Waals surface area contributed by atoms with Crippen molar-refractivity contribution in [2.24, 2.45) is 11.8 Å². The highest BCUT2D eigenvalue weighted by Crippen LogP contribution is 2.32. The molecule has 5 nitrogen and oxygen atoms in total. The molecule has 0 aromatic heterocycles. The predicted octanol–water partition coefficient (Wildman–Crippen LogP) is 2.47. The zero-order chi connectivity index (χ0) is 19.3. The molecule has 2 saturated heterocycles. The van der Waals surface area contributed by atoms with Gasteiger partial charge in [-0.15, -0.1) is 0 Å². The number of likely N-dealkylation sites (tertiary alicyclic amines) is 1. The van der Waals surface area contributed by atoms with Crippen LogP contribution in [0.15, 0.2) is 36.4 Å². The van der Waals surface area contributed by atoms with Gasteiger partial charge in [0.2, 0.25) is 0 Å². The molecule has 2 aliphatic heterocycles. The molecule has 28 heavy (non-hydrogen) atoms. The van der Waals surface area contributed by atoms with Gasteiger partial charge in [-0.3, -0.25) is 4.90 Å². The van der Waals surface area contributed by atoms with Crippen molar-refractivity contribution in [1.82, 2.24) is 9.80 Å². The van der Waals surface area contributed by atoms with Crippen LogP contribution in [0.1, 0.15) is 19.8 Å². The molecule has 0 saturated carbocycles. The Hall–Kier alpha value is -1.56. The summed E-state index contributed by atoms with van der Waals surface area (Å²) in [5.41, 5.74) is 1.24. The van der Waals surface area contributed by atoms with Gasteiger partial charge >= 0.3 is 0 Å². The van der Waals surface area contributed by atoms with Gasteiger partial charge in [0, 0.05) is 39.3 Å². The Morgan fingerprint density at radius 2 is 1.79 bits per heavy atom. The molecule has 3 atom stereocenters. The number of aliphatic hydroxyl groups is 1. The van der Waals surface area contributed by atoms with Crippen molar-refractivity contribution in [2.75, 3.05) is 63.9 Å².